The molecule has 0 radical (unpaired) electrons. The van der Waals surface area contributed by atoms with Crippen molar-refractivity contribution in [3.63, 3.8) is 0 Å². The van der Waals surface area contributed by atoms with Crippen molar-refractivity contribution in [3.8, 4) is 0 Å². The normalized spacial score (nSPS) is 10.2. The van der Waals surface area contributed by atoms with Crippen LogP contribution in [0.3, 0.4) is 0 Å². The minimum Gasteiger partial charge on any atom is -0.465 e. The van der Waals surface area contributed by atoms with E-state index in [1.807, 2.05) is 6.92 Å². The van der Waals surface area contributed by atoms with Gasteiger partial charge in [-0.3, -0.25) is 9.59 Å². The number of ether oxygens (including phenoxy) is 2. The summed E-state index contributed by atoms with van der Waals surface area (Å²) < 4.78 is 9.77. The van der Waals surface area contributed by atoms with Crippen molar-refractivity contribution < 1.29 is 19.1 Å². The molecule has 1 amide bonds. The van der Waals surface area contributed by atoms with Gasteiger partial charge in [0.2, 0.25) is 5.91 Å². The maximum atomic E-state index is 11.9. The fraction of sp³-hybridized carbons (Fsp3) is 0.833. The Morgan fingerprint density at radius 2 is 2.00 bits per heavy atom. The summed E-state index contributed by atoms with van der Waals surface area (Å²) >= 11 is 0. The lowest BCUT2D eigenvalue weighted by Gasteiger charge is -2.21. The maximum Gasteiger partial charge on any atom is 0.325 e. The highest BCUT2D eigenvalue weighted by Gasteiger charge is 2.17. The molecule has 0 saturated carbocycles. The molecule has 0 bridgehead atoms. The number of amides is 1. The minimum absolute atomic E-state index is 0.0117. The van der Waals surface area contributed by atoms with Crippen LogP contribution in [0.5, 0.6) is 0 Å². The second-order valence-electron chi connectivity index (χ2n) is 3.72. The lowest BCUT2D eigenvalue weighted by atomic mass is 10.3. The van der Waals surface area contributed by atoms with Crippen molar-refractivity contribution in [2.75, 3.05) is 46.5 Å². The molecule has 1 N–H and O–H groups in total. The van der Waals surface area contributed by atoms with Crippen LogP contribution in [-0.2, 0) is 19.1 Å². The van der Waals surface area contributed by atoms with Gasteiger partial charge in [0, 0.05) is 26.6 Å². The highest BCUT2D eigenvalue weighted by Crippen LogP contribution is 1.96. The molecule has 6 heteroatoms. The first-order chi connectivity index (χ1) is 8.65. The van der Waals surface area contributed by atoms with E-state index in [1.54, 1.807) is 14.0 Å². The molecule has 18 heavy (non-hydrogen) atoms. The Hall–Kier alpha value is -1.14. The van der Waals surface area contributed by atoms with Gasteiger partial charge in [0.1, 0.15) is 6.54 Å². The van der Waals surface area contributed by atoms with Crippen LogP contribution in [0.15, 0.2) is 0 Å². The molecule has 0 aliphatic carbocycles. The number of nitrogens with zero attached hydrogens (tertiary/aromatic N) is 1. The van der Waals surface area contributed by atoms with E-state index in [9.17, 15) is 9.59 Å². The first kappa shape index (κ1) is 16.9. The standard InChI is InChI=1S/C12H24N2O4/c1-4-13-7-6-11(15)14(8-9-17-3)10-12(16)18-5-2/h13H,4-10H2,1-3H3. The Morgan fingerprint density at radius 1 is 1.28 bits per heavy atom. The van der Waals surface area contributed by atoms with E-state index in [0.717, 1.165) is 6.54 Å². The second kappa shape index (κ2) is 11.0. The first-order valence-electron chi connectivity index (χ1n) is 6.28. The summed E-state index contributed by atoms with van der Waals surface area (Å²) in [6.45, 7) is 6.28. The molecule has 6 nitrogen and oxygen atoms in total. The molecule has 0 aliphatic rings. The zero-order valence-electron chi connectivity index (χ0n) is 11.5. The third-order valence-corrected chi connectivity index (χ3v) is 2.31. The van der Waals surface area contributed by atoms with E-state index in [2.05, 4.69) is 5.32 Å². The maximum absolute atomic E-state index is 11.9. The van der Waals surface area contributed by atoms with Crippen LogP contribution < -0.4 is 5.32 Å². The average molecular weight is 260 g/mol. The van der Waals surface area contributed by atoms with Crippen LogP contribution in [0.4, 0.5) is 0 Å². The molecule has 0 aliphatic heterocycles. The third-order valence-electron chi connectivity index (χ3n) is 2.31. The molecule has 0 heterocycles. The lowest BCUT2D eigenvalue weighted by molar-refractivity contribution is -0.149. The molecule has 0 saturated heterocycles. The van der Waals surface area contributed by atoms with E-state index in [4.69, 9.17) is 9.47 Å². The van der Waals surface area contributed by atoms with Gasteiger partial charge in [-0.05, 0) is 13.5 Å². The molecule has 0 atom stereocenters. The van der Waals surface area contributed by atoms with Gasteiger partial charge in [0.05, 0.1) is 13.2 Å². The van der Waals surface area contributed by atoms with Gasteiger partial charge in [0.25, 0.3) is 0 Å². The summed E-state index contributed by atoms with van der Waals surface area (Å²) in [5, 5.41) is 3.07. The summed E-state index contributed by atoms with van der Waals surface area (Å²) in [5.74, 6) is -0.452. The van der Waals surface area contributed by atoms with Crippen molar-refractivity contribution in [3.05, 3.63) is 0 Å². The highest BCUT2D eigenvalue weighted by molar-refractivity contribution is 5.82. The number of carbonyl (C=O) groups excluding carboxylic acids is 2. The van der Waals surface area contributed by atoms with E-state index < -0.39 is 0 Å². The molecule has 0 aromatic carbocycles. The smallest absolute Gasteiger partial charge is 0.325 e. The molecular weight excluding hydrogens is 236 g/mol. The van der Waals surface area contributed by atoms with Crippen LogP contribution in [-0.4, -0.2) is 63.3 Å². The van der Waals surface area contributed by atoms with Crippen LogP contribution in [0.1, 0.15) is 20.3 Å². The average Bonchev–Trinajstić information content (AvgIpc) is 2.34. The Morgan fingerprint density at radius 3 is 2.56 bits per heavy atom. The molecule has 106 valence electrons. The molecular formula is C12H24N2O4. The number of hydrogen-bond acceptors (Lipinski definition) is 5. The zero-order chi connectivity index (χ0) is 13.8. The fourth-order valence-electron chi connectivity index (χ4n) is 1.39. The van der Waals surface area contributed by atoms with Crippen LogP contribution >= 0.6 is 0 Å². The van der Waals surface area contributed by atoms with E-state index >= 15 is 0 Å². The van der Waals surface area contributed by atoms with Gasteiger partial charge in [-0.2, -0.15) is 0 Å². The van der Waals surface area contributed by atoms with Crippen molar-refractivity contribution in [1.82, 2.24) is 10.2 Å². The Kier molecular flexibility index (Phi) is 10.3. The Labute approximate surface area is 109 Å². The summed E-state index contributed by atoms with van der Waals surface area (Å²) in [6.07, 6.45) is 0.372. The first-order valence-corrected chi connectivity index (χ1v) is 6.28. The van der Waals surface area contributed by atoms with E-state index in [0.29, 0.717) is 32.7 Å². The van der Waals surface area contributed by atoms with Crippen molar-refractivity contribution >= 4 is 11.9 Å². The number of methoxy groups -OCH3 is 1. The molecule has 0 aromatic rings. The molecule has 0 unspecified atom stereocenters. The number of rotatable bonds is 10. The molecule has 0 rings (SSSR count). The van der Waals surface area contributed by atoms with Crippen molar-refractivity contribution in [2.45, 2.75) is 20.3 Å². The van der Waals surface area contributed by atoms with Crippen LogP contribution in [0, 0.1) is 0 Å². The summed E-state index contributed by atoms with van der Waals surface area (Å²) in [5.41, 5.74) is 0. The van der Waals surface area contributed by atoms with Gasteiger partial charge >= 0.3 is 5.97 Å². The third kappa shape index (κ3) is 8.03. The number of hydrogen-bond donors (Lipinski definition) is 1. The minimum atomic E-state index is -0.384. The number of nitrogens with one attached hydrogen (secondary N) is 1. The second-order valence-corrected chi connectivity index (χ2v) is 3.72. The topological polar surface area (TPSA) is 67.9 Å². The van der Waals surface area contributed by atoms with Crippen LogP contribution in [0.2, 0.25) is 0 Å². The van der Waals surface area contributed by atoms with Gasteiger partial charge in [-0.25, -0.2) is 0 Å². The molecule has 0 aromatic heterocycles. The quantitative estimate of drug-likeness (QED) is 0.443. The number of esters is 1. The predicted octanol–water partition coefficient (Wildman–Crippen LogP) is 0.0241. The summed E-state index contributed by atoms with van der Waals surface area (Å²) in [4.78, 5) is 24.7. The Bertz CT molecular complexity index is 246. The number of carbonyl (C=O) groups is 2. The summed E-state index contributed by atoms with van der Waals surface area (Å²) in [7, 11) is 1.56. The van der Waals surface area contributed by atoms with Crippen molar-refractivity contribution in [2.24, 2.45) is 0 Å². The monoisotopic (exact) mass is 260 g/mol. The SMILES string of the molecule is CCNCCC(=O)N(CCOC)CC(=O)OCC. The highest BCUT2D eigenvalue weighted by atomic mass is 16.5. The van der Waals surface area contributed by atoms with Crippen molar-refractivity contribution in [1.29, 1.82) is 0 Å². The van der Waals surface area contributed by atoms with Crippen LogP contribution in [0.25, 0.3) is 0 Å². The van der Waals surface area contributed by atoms with Gasteiger partial charge in [-0.1, -0.05) is 6.92 Å². The zero-order valence-corrected chi connectivity index (χ0v) is 11.5. The predicted molar refractivity (Wildman–Crippen MR) is 68.2 cm³/mol. The van der Waals surface area contributed by atoms with E-state index in [1.165, 1.54) is 4.90 Å². The van der Waals surface area contributed by atoms with Gasteiger partial charge in [0.15, 0.2) is 0 Å². The molecule has 0 spiro atoms. The largest absolute Gasteiger partial charge is 0.465 e. The fourth-order valence-corrected chi connectivity index (χ4v) is 1.39. The van der Waals surface area contributed by atoms with Gasteiger partial charge in [-0.15, -0.1) is 0 Å². The lowest BCUT2D eigenvalue weighted by Crippen LogP contribution is -2.39. The van der Waals surface area contributed by atoms with E-state index in [-0.39, 0.29) is 18.4 Å². The van der Waals surface area contributed by atoms with Gasteiger partial charge < -0.3 is 19.7 Å². The molecule has 0 fully saturated rings. The Balaban J connectivity index is 4.18. The summed E-state index contributed by atoms with van der Waals surface area (Å²) in [6, 6.07) is 0.